The Morgan fingerprint density at radius 1 is 1.14 bits per heavy atom. The van der Waals surface area contributed by atoms with Crippen molar-refractivity contribution in [2.75, 3.05) is 6.79 Å². The summed E-state index contributed by atoms with van der Waals surface area (Å²) in [5, 5.41) is 11.2. The zero-order valence-electron chi connectivity index (χ0n) is 16.5. The fourth-order valence-corrected chi connectivity index (χ4v) is 2.98. The number of hydrogen-bond acceptors (Lipinski definition) is 7. The maximum Gasteiger partial charge on any atom is 0.331 e. The number of fused-ring (bicyclic) bond motifs is 1. The van der Waals surface area contributed by atoms with Crippen LogP contribution in [0.1, 0.15) is 40.2 Å². The summed E-state index contributed by atoms with van der Waals surface area (Å²) in [7, 11) is 0. The first-order valence-corrected chi connectivity index (χ1v) is 8.90. The summed E-state index contributed by atoms with van der Waals surface area (Å²) in [6, 6.07) is 2.57. The van der Waals surface area contributed by atoms with Crippen LogP contribution in [0.2, 0.25) is 0 Å². The Labute approximate surface area is 163 Å². The number of ether oxygens (including phenoxy) is 3. The minimum atomic E-state index is -0.978. The van der Waals surface area contributed by atoms with Crippen LogP contribution in [0.5, 0.6) is 11.5 Å². The molecule has 0 spiro atoms. The number of nitro groups is 1. The fraction of sp³-hybridized carbons (Fsp3) is 0.474. The Balaban J connectivity index is 2.12. The van der Waals surface area contributed by atoms with Gasteiger partial charge < -0.3 is 19.1 Å². The van der Waals surface area contributed by atoms with Crippen molar-refractivity contribution < 1.29 is 28.7 Å². The van der Waals surface area contributed by atoms with E-state index in [0.29, 0.717) is 5.75 Å². The van der Waals surface area contributed by atoms with Crippen molar-refractivity contribution in [2.45, 2.75) is 52.8 Å². The number of nitrogens with zero attached hydrogens (tertiary/aromatic N) is 2. The molecule has 28 heavy (non-hydrogen) atoms. The molecule has 0 unspecified atom stereocenters. The third-order valence-electron chi connectivity index (χ3n) is 4.13. The molecule has 1 atom stereocenters. The molecule has 0 aromatic heterocycles. The van der Waals surface area contributed by atoms with E-state index in [0.717, 1.165) is 6.08 Å². The van der Waals surface area contributed by atoms with Gasteiger partial charge in [-0.05, 0) is 46.8 Å². The van der Waals surface area contributed by atoms with Crippen LogP contribution in [-0.4, -0.2) is 46.7 Å². The molecule has 1 amide bonds. The van der Waals surface area contributed by atoms with Crippen LogP contribution in [0, 0.1) is 10.1 Å². The average molecular weight is 392 g/mol. The standard InChI is InChI=1S/C19H24N2O7/c1-11(2)20(12(3)4)19(23)13(5)28-18(22)7-6-14-8-16-17(27-10-26-16)9-15(14)21(24)25/h6-9,11-13H,10H2,1-5H3/b7-6+/t13-/m0/s1. The van der Waals surface area contributed by atoms with Crippen LogP contribution < -0.4 is 9.47 Å². The molecule has 1 aromatic carbocycles. The SMILES string of the molecule is CC(C)N(C(=O)[C@H](C)OC(=O)/C=C/c1cc2c(cc1[N+](=O)[O-])OCO2)C(C)C. The third-order valence-corrected chi connectivity index (χ3v) is 4.13. The molecule has 0 bridgehead atoms. The largest absolute Gasteiger partial charge is 0.454 e. The molecule has 0 saturated heterocycles. The summed E-state index contributed by atoms with van der Waals surface area (Å²) in [5.41, 5.74) is -0.0700. The highest BCUT2D eigenvalue weighted by Crippen LogP contribution is 2.38. The lowest BCUT2D eigenvalue weighted by Gasteiger charge is -2.32. The molecule has 152 valence electrons. The molecule has 0 N–H and O–H groups in total. The van der Waals surface area contributed by atoms with Crippen molar-refractivity contribution in [2.24, 2.45) is 0 Å². The Kier molecular flexibility index (Phi) is 6.61. The lowest BCUT2D eigenvalue weighted by molar-refractivity contribution is -0.385. The van der Waals surface area contributed by atoms with E-state index >= 15 is 0 Å². The topological polar surface area (TPSA) is 108 Å². The van der Waals surface area contributed by atoms with E-state index < -0.39 is 17.0 Å². The summed E-state index contributed by atoms with van der Waals surface area (Å²) in [4.78, 5) is 36.9. The van der Waals surface area contributed by atoms with Crippen LogP contribution in [0.3, 0.4) is 0 Å². The van der Waals surface area contributed by atoms with E-state index in [9.17, 15) is 19.7 Å². The first kappa shape index (κ1) is 21.2. The van der Waals surface area contributed by atoms with Crippen LogP contribution in [0.25, 0.3) is 6.08 Å². The van der Waals surface area contributed by atoms with Gasteiger partial charge >= 0.3 is 5.97 Å². The number of benzene rings is 1. The number of carbonyl (C=O) groups is 2. The van der Waals surface area contributed by atoms with Crippen molar-refractivity contribution in [3.8, 4) is 11.5 Å². The molecule has 1 heterocycles. The molecule has 1 aromatic rings. The van der Waals surface area contributed by atoms with Gasteiger partial charge in [-0.25, -0.2) is 4.79 Å². The molecule has 1 aliphatic rings. The number of hydrogen-bond donors (Lipinski definition) is 0. The highest BCUT2D eigenvalue weighted by molar-refractivity contribution is 5.91. The molecule has 1 aliphatic heterocycles. The molecular weight excluding hydrogens is 368 g/mol. The Morgan fingerprint density at radius 3 is 2.25 bits per heavy atom. The Morgan fingerprint density at radius 2 is 1.71 bits per heavy atom. The van der Waals surface area contributed by atoms with Gasteiger partial charge in [0.15, 0.2) is 17.6 Å². The van der Waals surface area contributed by atoms with Gasteiger partial charge in [0.2, 0.25) is 6.79 Å². The Bertz CT molecular complexity index is 794. The van der Waals surface area contributed by atoms with Gasteiger partial charge in [0.25, 0.3) is 11.6 Å². The summed E-state index contributed by atoms with van der Waals surface area (Å²) in [6.45, 7) is 8.99. The molecule has 2 rings (SSSR count). The lowest BCUT2D eigenvalue weighted by Crippen LogP contribution is -2.47. The van der Waals surface area contributed by atoms with Crippen LogP contribution >= 0.6 is 0 Å². The Hall–Kier alpha value is -3.10. The molecule has 9 heteroatoms. The number of nitro benzene ring substituents is 1. The average Bonchev–Trinajstić information content (AvgIpc) is 3.05. The van der Waals surface area contributed by atoms with E-state index in [1.54, 1.807) is 4.90 Å². The second kappa shape index (κ2) is 8.73. The minimum Gasteiger partial charge on any atom is -0.454 e. The van der Waals surface area contributed by atoms with E-state index in [4.69, 9.17) is 14.2 Å². The summed E-state index contributed by atoms with van der Waals surface area (Å²) in [6.07, 6.45) is 1.32. The lowest BCUT2D eigenvalue weighted by atomic mass is 10.1. The van der Waals surface area contributed by atoms with Crippen molar-refractivity contribution >= 4 is 23.6 Å². The van der Waals surface area contributed by atoms with Crippen LogP contribution in [0.15, 0.2) is 18.2 Å². The zero-order valence-corrected chi connectivity index (χ0v) is 16.5. The molecule has 9 nitrogen and oxygen atoms in total. The van der Waals surface area contributed by atoms with Crippen molar-refractivity contribution in [3.05, 3.63) is 33.9 Å². The second-order valence-corrected chi connectivity index (χ2v) is 6.87. The number of esters is 1. The molecule has 0 fully saturated rings. The second-order valence-electron chi connectivity index (χ2n) is 6.87. The predicted molar refractivity (Wildman–Crippen MR) is 101 cm³/mol. The number of amides is 1. The molecule has 0 radical (unpaired) electrons. The smallest absolute Gasteiger partial charge is 0.331 e. The number of carbonyl (C=O) groups excluding carboxylic acids is 2. The molecule has 0 aliphatic carbocycles. The third kappa shape index (κ3) is 4.79. The summed E-state index contributed by atoms with van der Waals surface area (Å²) in [5.74, 6) is -0.458. The molecule has 0 saturated carbocycles. The van der Waals surface area contributed by atoms with Gasteiger partial charge in [-0.2, -0.15) is 0 Å². The van der Waals surface area contributed by atoms with Crippen molar-refractivity contribution in [1.29, 1.82) is 0 Å². The number of rotatable bonds is 7. The molecular formula is C19H24N2O7. The van der Waals surface area contributed by atoms with Gasteiger partial charge in [-0.15, -0.1) is 0 Å². The van der Waals surface area contributed by atoms with Gasteiger partial charge in [0, 0.05) is 18.2 Å². The first-order valence-electron chi connectivity index (χ1n) is 8.90. The first-order chi connectivity index (χ1) is 13.1. The monoisotopic (exact) mass is 392 g/mol. The summed E-state index contributed by atoms with van der Waals surface area (Å²) >= 11 is 0. The van der Waals surface area contributed by atoms with Gasteiger partial charge in [0.05, 0.1) is 16.6 Å². The van der Waals surface area contributed by atoms with E-state index in [2.05, 4.69) is 0 Å². The highest BCUT2D eigenvalue weighted by Gasteiger charge is 2.27. The van der Waals surface area contributed by atoms with Gasteiger partial charge in [-0.3, -0.25) is 14.9 Å². The van der Waals surface area contributed by atoms with Crippen molar-refractivity contribution in [1.82, 2.24) is 4.90 Å². The predicted octanol–water partition coefficient (Wildman–Crippen LogP) is 2.91. The normalized spacial score (nSPS) is 13.8. The fourth-order valence-electron chi connectivity index (χ4n) is 2.98. The van der Waals surface area contributed by atoms with E-state index in [1.807, 2.05) is 27.7 Å². The van der Waals surface area contributed by atoms with Gasteiger partial charge in [-0.1, -0.05) is 0 Å². The van der Waals surface area contributed by atoms with E-state index in [1.165, 1.54) is 25.1 Å². The maximum absolute atomic E-state index is 12.5. The minimum absolute atomic E-state index is 0.0243. The van der Waals surface area contributed by atoms with Crippen molar-refractivity contribution in [3.63, 3.8) is 0 Å². The highest BCUT2D eigenvalue weighted by atomic mass is 16.7. The van der Waals surface area contributed by atoms with Gasteiger partial charge in [0.1, 0.15) is 0 Å². The quantitative estimate of drug-likeness (QED) is 0.304. The summed E-state index contributed by atoms with van der Waals surface area (Å²) < 4.78 is 15.5. The van der Waals surface area contributed by atoms with Crippen LogP contribution in [-0.2, 0) is 14.3 Å². The zero-order chi connectivity index (χ0) is 21.0. The maximum atomic E-state index is 12.5. The van der Waals surface area contributed by atoms with E-state index in [-0.39, 0.29) is 41.8 Å². The van der Waals surface area contributed by atoms with Crippen LogP contribution in [0.4, 0.5) is 5.69 Å².